The van der Waals surface area contributed by atoms with E-state index in [0.717, 1.165) is 12.1 Å². The van der Waals surface area contributed by atoms with Gasteiger partial charge in [0.25, 0.3) is 5.91 Å². The molecule has 0 aliphatic carbocycles. The van der Waals surface area contributed by atoms with Crippen molar-refractivity contribution >= 4 is 11.7 Å². The summed E-state index contributed by atoms with van der Waals surface area (Å²) >= 11 is 0. The van der Waals surface area contributed by atoms with Gasteiger partial charge < -0.3 is 11.1 Å². The molecule has 4 N–H and O–H groups in total. The van der Waals surface area contributed by atoms with Gasteiger partial charge in [0, 0.05) is 18.2 Å². The smallest absolute Gasteiger partial charge is 0.256 e. The van der Waals surface area contributed by atoms with Crippen LogP contribution in [0.5, 0.6) is 0 Å². The number of aromatic nitrogens is 2. The van der Waals surface area contributed by atoms with Crippen LogP contribution in [-0.4, -0.2) is 16.1 Å². The van der Waals surface area contributed by atoms with Gasteiger partial charge in [-0.05, 0) is 6.07 Å². The van der Waals surface area contributed by atoms with Gasteiger partial charge in [0.05, 0.1) is 6.20 Å². The molecule has 0 aliphatic rings. The molecule has 2 rings (SSSR count). The van der Waals surface area contributed by atoms with E-state index < -0.39 is 17.5 Å². The first-order valence-electron chi connectivity index (χ1n) is 5.09. The van der Waals surface area contributed by atoms with E-state index >= 15 is 0 Å². The maximum Gasteiger partial charge on any atom is 0.256 e. The van der Waals surface area contributed by atoms with E-state index in [1.807, 2.05) is 0 Å². The van der Waals surface area contributed by atoms with E-state index in [1.165, 1.54) is 12.3 Å². The standard InChI is InChI=1S/C11H10F2N4O/c12-7-2-1-6(9(13)3-7)4-15-11(18)8-5-16-17-10(8)14/h1-3,5H,4H2,(H,15,18)(H3,14,16,17). The monoisotopic (exact) mass is 252 g/mol. The van der Waals surface area contributed by atoms with Crippen molar-refractivity contribution in [1.29, 1.82) is 0 Å². The van der Waals surface area contributed by atoms with E-state index in [4.69, 9.17) is 5.73 Å². The van der Waals surface area contributed by atoms with Gasteiger partial charge in [-0.15, -0.1) is 0 Å². The van der Waals surface area contributed by atoms with Crippen molar-refractivity contribution < 1.29 is 13.6 Å². The number of nitrogens with one attached hydrogen (secondary N) is 2. The molecule has 0 unspecified atom stereocenters. The summed E-state index contributed by atoms with van der Waals surface area (Å²) in [7, 11) is 0. The Morgan fingerprint density at radius 3 is 2.83 bits per heavy atom. The van der Waals surface area contributed by atoms with Gasteiger partial charge in [0.1, 0.15) is 23.0 Å². The summed E-state index contributed by atoms with van der Waals surface area (Å²) in [6.45, 7) is -0.0600. The average molecular weight is 252 g/mol. The molecule has 1 heterocycles. The lowest BCUT2D eigenvalue weighted by Gasteiger charge is -2.05. The molecule has 0 atom stereocenters. The van der Waals surface area contributed by atoms with Crippen molar-refractivity contribution in [3.63, 3.8) is 0 Å². The molecular weight excluding hydrogens is 242 g/mol. The molecule has 1 amide bonds. The first-order chi connectivity index (χ1) is 8.58. The predicted octanol–water partition coefficient (Wildman–Crippen LogP) is 1.20. The first kappa shape index (κ1) is 12.0. The number of nitrogen functional groups attached to an aromatic ring is 1. The molecule has 0 spiro atoms. The molecule has 0 saturated carbocycles. The van der Waals surface area contributed by atoms with Gasteiger partial charge >= 0.3 is 0 Å². The van der Waals surface area contributed by atoms with Crippen molar-refractivity contribution in [2.45, 2.75) is 6.54 Å². The number of rotatable bonds is 3. The summed E-state index contributed by atoms with van der Waals surface area (Å²) < 4.78 is 26.0. The number of hydrogen-bond donors (Lipinski definition) is 3. The number of anilines is 1. The van der Waals surface area contributed by atoms with E-state index in [-0.39, 0.29) is 23.5 Å². The quantitative estimate of drug-likeness (QED) is 0.767. The maximum atomic E-state index is 13.3. The summed E-state index contributed by atoms with van der Waals surface area (Å²) in [6, 6.07) is 3.15. The number of H-pyrrole nitrogens is 1. The summed E-state index contributed by atoms with van der Waals surface area (Å²) in [5.41, 5.74) is 5.82. The number of carbonyl (C=O) groups is 1. The van der Waals surface area contributed by atoms with Crippen molar-refractivity contribution in [1.82, 2.24) is 15.5 Å². The molecule has 0 saturated heterocycles. The summed E-state index contributed by atoms with van der Waals surface area (Å²) in [5, 5.41) is 8.46. The zero-order valence-electron chi connectivity index (χ0n) is 9.21. The maximum absolute atomic E-state index is 13.3. The van der Waals surface area contributed by atoms with Crippen LogP contribution < -0.4 is 11.1 Å². The van der Waals surface area contributed by atoms with Crippen LogP contribution in [0.1, 0.15) is 15.9 Å². The third-order valence-corrected chi connectivity index (χ3v) is 2.37. The zero-order chi connectivity index (χ0) is 13.1. The fourth-order valence-electron chi connectivity index (χ4n) is 1.41. The number of carbonyl (C=O) groups excluding carboxylic acids is 1. The van der Waals surface area contributed by atoms with Gasteiger partial charge in [0.15, 0.2) is 0 Å². The molecule has 2 aromatic rings. The molecular formula is C11H10F2N4O. The molecule has 94 valence electrons. The number of amides is 1. The minimum Gasteiger partial charge on any atom is -0.383 e. The lowest BCUT2D eigenvalue weighted by atomic mass is 10.2. The Morgan fingerprint density at radius 1 is 1.44 bits per heavy atom. The second-order valence-electron chi connectivity index (χ2n) is 3.62. The highest BCUT2D eigenvalue weighted by Gasteiger charge is 2.12. The molecule has 0 aliphatic heterocycles. The van der Waals surface area contributed by atoms with E-state index in [9.17, 15) is 13.6 Å². The van der Waals surface area contributed by atoms with Gasteiger partial charge in [-0.2, -0.15) is 5.10 Å². The molecule has 1 aromatic carbocycles. The molecule has 7 heteroatoms. The van der Waals surface area contributed by atoms with Crippen molar-refractivity contribution in [2.75, 3.05) is 5.73 Å². The molecule has 18 heavy (non-hydrogen) atoms. The normalized spacial score (nSPS) is 10.3. The van der Waals surface area contributed by atoms with Crippen LogP contribution in [0.3, 0.4) is 0 Å². The van der Waals surface area contributed by atoms with Crippen molar-refractivity contribution in [3.8, 4) is 0 Å². The lowest BCUT2D eigenvalue weighted by molar-refractivity contribution is 0.0951. The Hall–Kier alpha value is -2.44. The minimum atomic E-state index is -0.713. The highest BCUT2D eigenvalue weighted by Crippen LogP contribution is 2.10. The average Bonchev–Trinajstić information content (AvgIpc) is 2.74. The minimum absolute atomic E-state index is 0.0600. The number of halogens is 2. The summed E-state index contributed by atoms with van der Waals surface area (Å²) in [6.07, 6.45) is 1.27. The second-order valence-corrected chi connectivity index (χ2v) is 3.62. The van der Waals surface area contributed by atoms with Gasteiger partial charge in [-0.25, -0.2) is 8.78 Å². The SMILES string of the molecule is Nc1[nH]ncc1C(=O)NCc1ccc(F)cc1F. The fourth-order valence-corrected chi connectivity index (χ4v) is 1.41. The van der Waals surface area contributed by atoms with Crippen LogP contribution in [-0.2, 0) is 6.54 Å². The Labute approximate surface area is 101 Å². The Morgan fingerprint density at radius 2 is 2.22 bits per heavy atom. The van der Waals surface area contributed by atoms with E-state index in [2.05, 4.69) is 15.5 Å². The van der Waals surface area contributed by atoms with Crippen LogP contribution in [0.4, 0.5) is 14.6 Å². The number of benzene rings is 1. The first-order valence-corrected chi connectivity index (χ1v) is 5.09. The number of nitrogens with two attached hydrogens (primary N) is 1. The predicted molar refractivity (Wildman–Crippen MR) is 60.5 cm³/mol. The van der Waals surface area contributed by atoms with Crippen LogP contribution >= 0.6 is 0 Å². The molecule has 0 bridgehead atoms. The van der Waals surface area contributed by atoms with Gasteiger partial charge in [-0.1, -0.05) is 6.07 Å². The van der Waals surface area contributed by atoms with E-state index in [0.29, 0.717) is 0 Å². The Balaban J connectivity index is 2.04. The topological polar surface area (TPSA) is 83.8 Å². The number of hydrogen-bond acceptors (Lipinski definition) is 3. The van der Waals surface area contributed by atoms with Crippen molar-refractivity contribution in [2.24, 2.45) is 0 Å². The van der Waals surface area contributed by atoms with Crippen LogP contribution in [0, 0.1) is 11.6 Å². The summed E-state index contributed by atoms with van der Waals surface area (Å²) in [5.74, 6) is -1.73. The summed E-state index contributed by atoms with van der Waals surface area (Å²) in [4.78, 5) is 11.6. The molecule has 0 fully saturated rings. The van der Waals surface area contributed by atoms with Crippen molar-refractivity contribution in [3.05, 3.63) is 47.2 Å². The highest BCUT2D eigenvalue weighted by atomic mass is 19.1. The zero-order valence-corrected chi connectivity index (χ0v) is 9.21. The number of aromatic amines is 1. The lowest BCUT2D eigenvalue weighted by Crippen LogP contribution is -2.23. The fraction of sp³-hybridized carbons (Fsp3) is 0.0909. The highest BCUT2D eigenvalue weighted by molar-refractivity contribution is 5.97. The van der Waals surface area contributed by atoms with Gasteiger partial charge in [-0.3, -0.25) is 9.89 Å². The largest absolute Gasteiger partial charge is 0.383 e. The van der Waals surface area contributed by atoms with Crippen LogP contribution in [0.25, 0.3) is 0 Å². The number of nitrogens with zero attached hydrogens (tertiary/aromatic N) is 1. The van der Waals surface area contributed by atoms with E-state index in [1.54, 1.807) is 0 Å². The second kappa shape index (κ2) is 4.82. The Bertz CT molecular complexity index is 582. The Kier molecular flexibility index (Phi) is 3.22. The van der Waals surface area contributed by atoms with Crippen LogP contribution in [0.2, 0.25) is 0 Å². The molecule has 5 nitrogen and oxygen atoms in total. The van der Waals surface area contributed by atoms with Gasteiger partial charge in [0.2, 0.25) is 0 Å². The van der Waals surface area contributed by atoms with Crippen LogP contribution in [0.15, 0.2) is 24.4 Å². The third-order valence-electron chi connectivity index (χ3n) is 2.37. The third kappa shape index (κ3) is 2.45. The molecule has 1 aromatic heterocycles. The molecule has 0 radical (unpaired) electrons.